The van der Waals surface area contributed by atoms with Gasteiger partial charge in [-0.05, 0) is 57.4 Å². The van der Waals surface area contributed by atoms with Crippen molar-refractivity contribution < 1.29 is 9.90 Å². The van der Waals surface area contributed by atoms with Crippen molar-refractivity contribution in [3.05, 3.63) is 0 Å². The molecule has 1 aliphatic heterocycles. The molecule has 4 heteroatoms. The molecule has 1 aliphatic carbocycles. The quantitative estimate of drug-likeness (QED) is 0.793. The first-order valence-corrected chi connectivity index (χ1v) is 7.37. The molecule has 0 aromatic carbocycles. The second-order valence-corrected chi connectivity index (χ2v) is 5.82. The molecule has 104 valence electrons. The van der Waals surface area contributed by atoms with Crippen LogP contribution in [0.15, 0.2) is 0 Å². The SMILES string of the molecule is NCC1CCC(C(=O)N2CCCCC2CO)CC1. The zero-order valence-electron chi connectivity index (χ0n) is 11.2. The zero-order chi connectivity index (χ0) is 13.0. The molecule has 18 heavy (non-hydrogen) atoms. The Morgan fingerprint density at radius 2 is 1.89 bits per heavy atom. The summed E-state index contributed by atoms with van der Waals surface area (Å²) < 4.78 is 0. The van der Waals surface area contributed by atoms with Gasteiger partial charge in [-0.15, -0.1) is 0 Å². The lowest BCUT2D eigenvalue weighted by Crippen LogP contribution is -2.48. The maximum Gasteiger partial charge on any atom is 0.226 e. The van der Waals surface area contributed by atoms with E-state index in [0.717, 1.165) is 58.0 Å². The van der Waals surface area contributed by atoms with Crippen molar-refractivity contribution in [2.24, 2.45) is 17.6 Å². The van der Waals surface area contributed by atoms with Gasteiger partial charge in [0.2, 0.25) is 5.91 Å². The molecule has 0 aromatic rings. The molecule has 4 nitrogen and oxygen atoms in total. The Bertz CT molecular complexity index is 275. The third-order valence-corrected chi connectivity index (χ3v) is 4.65. The van der Waals surface area contributed by atoms with Gasteiger partial charge in [-0.25, -0.2) is 0 Å². The highest BCUT2D eigenvalue weighted by Gasteiger charge is 2.33. The van der Waals surface area contributed by atoms with Gasteiger partial charge in [-0.2, -0.15) is 0 Å². The first-order chi connectivity index (χ1) is 8.76. The zero-order valence-corrected chi connectivity index (χ0v) is 11.2. The Balaban J connectivity index is 1.90. The summed E-state index contributed by atoms with van der Waals surface area (Å²) in [6.07, 6.45) is 7.31. The van der Waals surface area contributed by atoms with Crippen molar-refractivity contribution in [3.63, 3.8) is 0 Å². The van der Waals surface area contributed by atoms with Crippen LogP contribution in [0, 0.1) is 11.8 Å². The highest BCUT2D eigenvalue weighted by Crippen LogP contribution is 2.31. The van der Waals surface area contributed by atoms with Crippen LogP contribution in [0.25, 0.3) is 0 Å². The van der Waals surface area contributed by atoms with E-state index in [-0.39, 0.29) is 24.5 Å². The number of amides is 1. The van der Waals surface area contributed by atoms with Crippen molar-refractivity contribution >= 4 is 5.91 Å². The maximum absolute atomic E-state index is 12.5. The van der Waals surface area contributed by atoms with E-state index in [2.05, 4.69) is 0 Å². The number of aliphatic hydroxyl groups excluding tert-OH is 1. The third kappa shape index (κ3) is 3.04. The topological polar surface area (TPSA) is 66.6 Å². The van der Waals surface area contributed by atoms with E-state index in [1.54, 1.807) is 0 Å². The molecule has 3 N–H and O–H groups in total. The molecule has 0 bridgehead atoms. The van der Waals surface area contributed by atoms with Gasteiger partial charge in [-0.3, -0.25) is 4.79 Å². The smallest absolute Gasteiger partial charge is 0.226 e. The molecular weight excluding hydrogens is 228 g/mol. The molecule has 0 radical (unpaired) electrons. The summed E-state index contributed by atoms with van der Waals surface area (Å²) in [5, 5.41) is 9.38. The summed E-state index contributed by atoms with van der Waals surface area (Å²) >= 11 is 0. The predicted molar refractivity (Wildman–Crippen MR) is 70.9 cm³/mol. The predicted octanol–water partition coefficient (Wildman–Crippen LogP) is 1.12. The van der Waals surface area contributed by atoms with E-state index >= 15 is 0 Å². The Labute approximate surface area is 110 Å². The van der Waals surface area contributed by atoms with Gasteiger partial charge >= 0.3 is 0 Å². The van der Waals surface area contributed by atoms with E-state index in [4.69, 9.17) is 5.73 Å². The van der Waals surface area contributed by atoms with Gasteiger partial charge in [0.05, 0.1) is 12.6 Å². The average molecular weight is 254 g/mol. The van der Waals surface area contributed by atoms with Crippen LogP contribution in [0.3, 0.4) is 0 Å². The second kappa shape index (κ2) is 6.53. The van der Waals surface area contributed by atoms with Gasteiger partial charge in [0.15, 0.2) is 0 Å². The lowest BCUT2D eigenvalue weighted by atomic mass is 9.81. The van der Waals surface area contributed by atoms with Crippen molar-refractivity contribution in [2.75, 3.05) is 19.7 Å². The van der Waals surface area contributed by atoms with Crippen LogP contribution >= 0.6 is 0 Å². The van der Waals surface area contributed by atoms with Gasteiger partial charge in [0.1, 0.15) is 0 Å². The van der Waals surface area contributed by atoms with E-state index in [1.165, 1.54) is 0 Å². The first kappa shape index (κ1) is 13.8. The second-order valence-electron chi connectivity index (χ2n) is 5.82. The number of nitrogens with two attached hydrogens (primary N) is 1. The number of likely N-dealkylation sites (tertiary alicyclic amines) is 1. The van der Waals surface area contributed by atoms with Crippen LogP contribution < -0.4 is 5.73 Å². The largest absolute Gasteiger partial charge is 0.394 e. The first-order valence-electron chi connectivity index (χ1n) is 7.37. The summed E-state index contributed by atoms with van der Waals surface area (Å²) in [6.45, 7) is 1.70. The minimum atomic E-state index is 0.0680. The Morgan fingerprint density at radius 3 is 2.50 bits per heavy atom. The highest BCUT2D eigenvalue weighted by atomic mass is 16.3. The Hall–Kier alpha value is -0.610. The van der Waals surface area contributed by atoms with Gasteiger partial charge in [0, 0.05) is 12.5 Å². The molecule has 2 fully saturated rings. The number of aliphatic hydroxyl groups is 1. The summed E-state index contributed by atoms with van der Waals surface area (Å²) in [4.78, 5) is 14.4. The number of piperidine rings is 1. The number of rotatable bonds is 3. The standard InChI is InChI=1S/C14H26N2O2/c15-9-11-4-6-12(7-5-11)14(18)16-8-2-1-3-13(16)10-17/h11-13,17H,1-10,15H2. The van der Waals surface area contributed by atoms with Gasteiger partial charge < -0.3 is 15.7 Å². The van der Waals surface area contributed by atoms with Crippen molar-refractivity contribution in [1.29, 1.82) is 0 Å². The minimum Gasteiger partial charge on any atom is -0.394 e. The van der Waals surface area contributed by atoms with E-state index < -0.39 is 0 Å². The number of hydrogen-bond acceptors (Lipinski definition) is 3. The van der Waals surface area contributed by atoms with Gasteiger partial charge in [-0.1, -0.05) is 0 Å². The summed E-state index contributed by atoms with van der Waals surface area (Å²) in [5.74, 6) is 1.08. The van der Waals surface area contributed by atoms with Gasteiger partial charge in [0.25, 0.3) is 0 Å². The number of carbonyl (C=O) groups excluding carboxylic acids is 1. The summed E-state index contributed by atoms with van der Waals surface area (Å²) in [5.41, 5.74) is 5.68. The van der Waals surface area contributed by atoms with Crippen LogP contribution in [-0.2, 0) is 4.79 Å². The molecule has 1 amide bonds. The van der Waals surface area contributed by atoms with Crippen molar-refractivity contribution in [3.8, 4) is 0 Å². The lowest BCUT2D eigenvalue weighted by molar-refractivity contribution is -0.141. The fraction of sp³-hybridized carbons (Fsp3) is 0.929. The average Bonchev–Trinajstić information content (AvgIpc) is 2.46. The van der Waals surface area contributed by atoms with Crippen LogP contribution in [0.5, 0.6) is 0 Å². The van der Waals surface area contributed by atoms with E-state index in [0.29, 0.717) is 5.92 Å². The fourth-order valence-corrected chi connectivity index (χ4v) is 3.36. The fourth-order valence-electron chi connectivity index (χ4n) is 3.36. The molecule has 1 unspecified atom stereocenters. The third-order valence-electron chi connectivity index (χ3n) is 4.65. The van der Waals surface area contributed by atoms with E-state index in [9.17, 15) is 9.90 Å². The molecule has 0 aromatic heterocycles. The van der Waals surface area contributed by atoms with Crippen molar-refractivity contribution in [1.82, 2.24) is 4.90 Å². The number of carbonyl (C=O) groups is 1. The van der Waals surface area contributed by atoms with Crippen LogP contribution in [0.2, 0.25) is 0 Å². The molecule has 2 rings (SSSR count). The minimum absolute atomic E-state index is 0.0680. The molecule has 1 heterocycles. The monoisotopic (exact) mass is 254 g/mol. The lowest BCUT2D eigenvalue weighted by Gasteiger charge is -2.38. The summed E-state index contributed by atoms with van der Waals surface area (Å²) in [6, 6.07) is 0.0680. The number of hydrogen-bond donors (Lipinski definition) is 2. The molecule has 2 aliphatic rings. The van der Waals surface area contributed by atoms with E-state index in [1.807, 2.05) is 4.90 Å². The van der Waals surface area contributed by atoms with Crippen LogP contribution in [0.1, 0.15) is 44.9 Å². The normalized spacial score (nSPS) is 33.4. The van der Waals surface area contributed by atoms with Crippen molar-refractivity contribution in [2.45, 2.75) is 51.0 Å². The molecule has 1 atom stereocenters. The molecule has 1 saturated heterocycles. The molecule has 1 saturated carbocycles. The van der Waals surface area contributed by atoms with Crippen LogP contribution in [-0.4, -0.2) is 41.7 Å². The maximum atomic E-state index is 12.5. The molecule has 0 spiro atoms. The molecular formula is C14H26N2O2. The Kier molecular flexibility index (Phi) is 5.01. The summed E-state index contributed by atoms with van der Waals surface area (Å²) in [7, 11) is 0. The number of nitrogens with zero attached hydrogens (tertiary/aromatic N) is 1. The Morgan fingerprint density at radius 1 is 1.17 bits per heavy atom. The highest BCUT2D eigenvalue weighted by molar-refractivity contribution is 5.79. The van der Waals surface area contributed by atoms with Crippen LogP contribution in [0.4, 0.5) is 0 Å².